The highest BCUT2D eigenvalue weighted by Gasteiger charge is 2.68. The largest absolute Gasteiger partial charge is 0.755 e. The topological polar surface area (TPSA) is 326 Å². The van der Waals surface area contributed by atoms with Crippen molar-refractivity contribution < 1.29 is 108 Å². The van der Waals surface area contributed by atoms with Crippen molar-refractivity contribution in [1.29, 1.82) is 0 Å². The number of sulfone groups is 1. The maximum absolute atomic E-state index is 15.8. The fraction of sp³-hybridized carbons (Fsp3) is 0.460. The van der Waals surface area contributed by atoms with E-state index in [1.165, 1.54) is 74.4 Å². The number of halogens is 11. The van der Waals surface area contributed by atoms with Crippen molar-refractivity contribution in [2.45, 2.75) is 173 Å². The number of amides is 4. The quantitative estimate of drug-likeness (QED) is 0.0161. The van der Waals surface area contributed by atoms with Gasteiger partial charge in [-0.1, -0.05) is 43.5 Å². The van der Waals surface area contributed by atoms with Gasteiger partial charge in [0.05, 0.1) is 70.8 Å². The number of carboxylic acids is 1. The van der Waals surface area contributed by atoms with Crippen LogP contribution in [0.15, 0.2) is 54.6 Å². The molecule has 542 valence electrons. The van der Waals surface area contributed by atoms with Crippen molar-refractivity contribution in [3.8, 4) is 28.7 Å². The molecule has 2 aliphatic rings. The lowest BCUT2D eigenvalue weighted by atomic mass is 9.77. The zero-order chi connectivity index (χ0) is 74.6. The van der Waals surface area contributed by atoms with Gasteiger partial charge in [0.1, 0.15) is 52.7 Å². The molecule has 0 radical (unpaired) electrons. The van der Waals surface area contributed by atoms with Gasteiger partial charge in [0, 0.05) is 57.7 Å². The molecule has 1 fully saturated rings. The number of nitrogens with one attached hydrogen (secondary N) is 2. The molecule has 0 spiro atoms. The van der Waals surface area contributed by atoms with Crippen LogP contribution in [0.25, 0.3) is 22.0 Å². The molecule has 4 amide bonds. The minimum absolute atomic E-state index is 0.0572. The molecule has 3 aromatic heterocycles. The van der Waals surface area contributed by atoms with Gasteiger partial charge >= 0.3 is 26.1 Å². The summed E-state index contributed by atoms with van der Waals surface area (Å²) in [5, 5.41) is 21.0. The predicted octanol–water partition coefficient (Wildman–Crippen LogP) is 10.4. The first kappa shape index (κ1) is 77.7. The summed E-state index contributed by atoms with van der Waals surface area (Å²) < 4.78 is 234. The summed E-state index contributed by atoms with van der Waals surface area (Å²) in [6, 6.07) is 5.49. The van der Waals surface area contributed by atoms with Crippen molar-refractivity contribution in [3.63, 3.8) is 0 Å². The molecule has 1 saturated carbocycles. The van der Waals surface area contributed by atoms with Gasteiger partial charge in [-0.15, -0.1) is 0 Å². The van der Waals surface area contributed by atoms with Crippen molar-refractivity contribution in [3.05, 3.63) is 128 Å². The van der Waals surface area contributed by atoms with Gasteiger partial charge in [-0.25, -0.2) is 31.5 Å². The lowest BCUT2D eigenvalue weighted by molar-refractivity contribution is -0.143. The summed E-state index contributed by atoms with van der Waals surface area (Å²) in [6.07, 6.45) is -14.9. The van der Waals surface area contributed by atoms with E-state index < -0.39 is 224 Å². The zero-order valence-corrected chi connectivity index (χ0v) is 58.0. The van der Waals surface area contributed by atoms with Crippen LogP contribution >= 0.6 is 19.4 Å². The number of rotatable bonds is 27. The highest BCUT2D eigenvalue weighted by atomic mass is 35.5. The minimum Gasteiger partial charge on any atom is -0.755 e. The summed E-state index contributed by atoms with van der Waals surface area (Å²) >= 11 is 3.18. The summed E-state index contributed by atoms with van der Waals surface area (Å²) in [4.78, 5) is 71.6. The molecule has 8 rings (SSSR count). The minimum atomic E-state index is -5.28. The van der Waals surface area contributed by atoms with Crippen LogP contribution in [-0.2, 0) is 109 Å². The summed E-state index contributed by atoms with van der Waals surface area (Å²) in [6.45, 7) is 8.00. The number of carbonyl (C=O) groups excluding carboxylic acids is 4. The van der Waals surface area contributed by atoms with Crippen molar-refractivity contribution in [2.24, 2.45) is 11.7 Å². The Bertz CT molecular complexity index is 4500. The first-order chi connectivity index (χ1) is 46.0. The number of hydrogen-bond acceptors (Lipinski definition) is 16. The first-order valence-corrected chi connectivity index (χ1v) is 35.1. The van der Waals surface area contributed by atoms with Gasteiger partial charge in [0.15, 0.2) is 15.5 Å². The molecule has 3 heterocycles. The van der Waals surface area contributed by atoms with Crippen LogP contribution in [-0.4, -0.2) is 116 Å². The third kappa shape index (κ3) is 17.8. The Kier molecular flexibility index (Phi) is 22.4. The number of carboxylic acid groups (broad SMARTS) is 1. The Morgan fingerprint density at radius 1 is 0.920 bits per heavy atom. The molecular weight excluding hydrogens is 1430 g/mol. The van der Waals surface area contributed by atoms with Gasteiger partial charge in [-0.05, 0) is 126 Å². The van der Waals surface area contributed by atoms with E-state index in [1.54, 1.807) is 0 Å². The van der Waals surface area contributed by atoms with Crippen LogP contribution in [0.5, 0.6) is 5.75 Å². The molecule has 37 heteroatoms. The maximum Gasteiger partial charge on any atom is 0.530 e. The number of hydrogen-bond donors (Lipinski definition) is 4. The van der Waals surface area contributed by atoms with E-state index in [4.69, 9.17) is 30.9 Å². The molecule has 6 aromatic rings. The Labute approximate surface area is 573 Å². The lowest BCUT2D eigenvalue weighted by Gasteiger charge is -2.33. The van der Waals surface area contributed by atoms with E-state index in [0.717, 1.165) is 42.7 Å². The molecule has 100 heavy (non-hydrogen) atoms. The van der Waals surface area contributed by atoms with Crippen LogP contribution in [0.2, 0.25) is 5.02 Å². The molecule has 2 aliphatic carbocycles. The third-order valence-electron chi connectivity index (χ3n) is 16.0. The Hall–Kier alpha value is -8.00. The van der Waals surface area contributed by atoms with Crippen LogP contribution in [0, 0.1) is 36.3 Å². The fourth-order valence-electron chi connectivity index (χ4n) is 11.7. The molecule has 5 N–H and O–H groups in total. The first-order valence-electron chi connectivity index (χ1n) is 30.3. The second-order valence-corrected chi connectivity index (χ2v) is 31.1. The monoisotopic (exact) mass is 1490 g/mol. The number of phosphoric acid groups is 1. The highest BCUT2D eigenvalue weighted by molar-refractivity contribution is 7.92. The number of alkyl halides is 8. The number of carbonyl (C=O) groups is 5. The van der Waals surface area contributed by atoms with Crippen LogP contribution in [0.4, 0.5) is 43.9 Å². The van der Waals surface area contributed by atoms with Gasteiger partial charge in [0.25, 0.3) is 5.92 Å². The van der Waals surface area contributed by atoms with E-state index in [1.807, 2.05) is 0 Å². The second kappa shape index (κ2) is 28.8. The molecule has 3 aromatic carbocycles. The highest BCUT2D eigenvalue weighted by Crippen LogP contribution is 2.68. The number of phosphoric ester groups is 1. The average Bonchev–Trinajstić information content (AvgIpc) is 1.52. The molecule has 0 bridgehead atoms. The number of pyridine rings is 1. The fourth-order valence-corrected chi connectivity index (χ4v) is 14.2. The SMILES string of the molecule is Cc1cc(CC(=O)N[C@@H](CC(N)=O)C(=O)O)c(C(C)(C)CC(=O)N(Cc2nn(CC(F)(F)F)c3c(-c4ccc(C#CC(C)(C)S(C)(=O)=O)nc4[C@H](Cc4cc(F)cc(F)c4)NC(=O)Cn4nc(C(F)(F)F)c5c4C(F)(F)[C@@H]4C[C@H]54)ccc(Cl)c23)S(=O)[O-])c(OP(=O)(OC(C)C)OC(C)C)c1. The smallest absolute Gasteiger partial charge is 0.530 e. The van der Waals surface area contributed by atoms with Gasteiger partial charge < -0.3 is 30.6 Å². The van der Waals surface area contributed by atoms with E-state index in [-0.39, 0.29) is 54.7 Å². The number of aromatic nitrogens is 5. The standard InChI is InChI=1S/C63H67ClF10N9O14PS2/c1-30(2)95-98(90,96-31(3)4)97-46-18-32(5)17-34(22-48(85)78-44(58(88)89)25-47(75)84)53(46)59(6,7)26-50(87)83(99(91)92)27-45-52-42(64)14-13-39(55(52)82(79-45)29-61(67,68)69)38-12-11-37(15-16-60(8,9)100(10,93)94)76-54(38)43(21-33-19-35(65)23-36(66)20-33)77-49(86)28-81-57-51(56(80-81)63(72,73)74)40-24-41(40)62(57,70)71/h11-14,17-20,23,30-31,40-41,43-44H,21-22,24-29H2,1-10H3,(H2,75,84)(H,77,86)(H,78,85)(H,88,89)(H,91,92)/p-1/t40-,41+,43-,44-/m0/s1. The van der Waals surface area contributed by atoms with E-state index >= 15 is 30.7 Å². The van der Waals surface area contributed by atoms with E-state index in [2.05, 4.69) is 37.7 Å². The number of aliphatic carboxylic acids is 1. The Balaban J connectivity index is 1.29. The second-order valence-electron chi connectivity index (χ2n) is 25.8. The normalized spacial score (nSPS) is 16.3. The van der Waals surface area contributed by atoms with Crippen molar-refractivity contribution in [2.75, 3.05) is 6.26 Å². The Morgan fingerprint density at radius 3 is 2.10 bits per heavy atom. The Morgan fingerprint density at radius 2 is 1.54 bits per heavy atom. The summed E-state index contributed by atoms with van der Waals surface area (Å²) in [5.74, 6) is -10.8. The number of aryl methyl sites for hydroxylation is 1. The number of fused-ring (bicyclic) bond motifs is 4. The maximum atomic E-state index is 15.8. The third-order valence-corrected chi connectivity index (χ3v) is 20.8. The van der Waals surface area contributed by atoms with Gasteiger partial charge in [-0.3, -0.25) is 46.1 Å². The number of primary amides is 1. The van der Waals surface area contributed by atoms with Crippen LogP contribution < -0.4 is 20.9 Å². The van der Waals surface area contributed by atoms with Crippen LogP contribution in [0.1, 0.15) is 143 Å². The van der Waals surface area contributed by atoms with Gasteiger partial charge in [0.2, 0.25) is 23.6 Å². The predicted molar refractivity (Wildman–Crippen MR) is 339 cm³/mol. The summed E-state index contributed by atoms with van der Waals surface area (Å²) in [7, 11) is -8.68. The number of nitrogens with two attached hydrogens (primary N) is 1. The molecule has 0 saturated heterocycles. The number of nitrogens with zero attached hydrogens (tertiary/aromatic N) is 6. The molecule has 23 nitrogen and oxygen atoms in total. The van der Waals surface area contributed by atoms with Gasteiger partial charge in [-0.2, -0.15) is 45.3 Å². The molecule has 5 atom stereocenters. The van der Waals surface area contributed by atoms with E-state index in [9.17, 15) is 64.0 Å². The average molecular weight is 1490 g/mol. The van der Waals surface area contributed by atoms with Crippen molar-refractivity contribution >= 4 is 81.0 Å². The summed E-state index contributed by atoms with van der Waals surface area (Å²) in [5.41, 5.74) is -3.30. The van der Waals surface area contributed by atoms with E-state index in [0.29, 0.717) is 16.3 Å². The van der Waals surface area contributed by atoms with Crippen molar-refractivity contribution in [1.82, 2.24) is 39.5 Å². The molecular formula is C63H66ClF10N9O14PS2-. The lowest BCUT2D eigenvalue weighted by Crippen LogP contribution is -2.44. The number of benzene rings is 3. The zero-order valence-electron chi connectivity index (χ0n) is 54.8. The molecule has 0 aliphatic heterocycles. The van der Waals surface area contributed by atoms with Crippen LogP contribution in [0.3, 0.4) is 0 Å². The molecule has 1 unspecified atom stereocenters.